The molecule has 2 aromatic rings. The molecule has 2 rings (SSSR count). The molecule has 9 heteroatoms. The summed E-state index contributed by atoms with van der Waals surface area (Å²) in [6.07, 6.45) is 0.757. The average molecular weight is 320 g/mol. The van der Waals surface area contributed by atoms with E-state index in [4.69, 9.17) is 0 Å². The first-order valence-electron chi connectivity index (χ1n) is 7.12. The second kappa shape index (κ2) is 7.43. The van der Waals surface area contributed by atoms with Gasteiger partial charge in [0, 0.05) is 11.6 Å². The first-order chi connectivity index (χ1) is 11.0. The van der Waals surface area contributed by atoms with Crippen molar-refractivity contribution in [3.05, 3.63) is 30.1 Å². The van der Waals surface area contributed by atoms with Gasteiger partial charge in [-0.2, -0.15) is 4.80 Å². The average Bonchev–Trinajstić information content (AvgIpc) is 2.95. The number of carbonyl (C=O) groups excluding carboxylic acids is 2. The fourth-order valence-corrected chi connectivity index (χ4v) is 1.68. The molecule has 0 unspecified atom stereocenters. The lowest BCUT2D eigenvalue weighted by Crippen LogP contribution is -2.44. The molecule has 1 atom stereocenters. The van der Waals surface area contributed by atoms with Gasteiger partial charge < -0.3 is 5.32 Å². The number of rotatable bonds is 5. The zero-order valence-corrected chi connectivity index (χ0v) is 12.8. The van der Waals surface area contributed by atoms with Crippen LogP contribution in [0.4, 0.5) is 9.18 Å². The van der Waals surface area contributed by atoms with Crippen molar-refractivity contribution in [2.24, 2.45) is 0 Å². The summed E-state index contributed by atoms with van der Waals surface area (Å²) in [7, 11) is 0. The zero-order chi connectivity index (χ0) is 16.8. The van der Waals surface area contributed by atoms with Gasteiger partial charge in [0.15, 0.2) is 0 Å². The number of urea groups is 1. The highest BCUT2D eigenvalue weighted by atomic mass is 19.1. The largest absolute Gasteiger partial charge is 0.335 e. The van der Waals surface area contributed by atoms with Crippen LogP contribution in [0.3, 0.4) is 0 Å². The first-order valence-corrected chi connectivity index (χ1v) is 7.12. The van der Waals surface area contributed by atoms with Crippen LogP contribution in [0.2, 0.25) is 0 Å². The molecule has 0 fully saturated rings. The lowest BCUT2D eigenvalue weighted by atomic mass is 10.2. The SMILES string of the molecule is CC[C@@H](C)NC(=O)NC(=O)Cn1nnc(-c2ccc(F)cc2)n1. The van der Waals surface area contributed by atoms with E-state index in [0.717, 1.165) is 11.2 Å². The molecule has 1 heterocycles. The van der Waals surface area contributed by atoms with Gasteiger partial charge in [0.25, 0.3) is 5.91 Å². The predicted octanol–water partition coefficient (Wildman–Crippen LogP) is 1.10. The van der Waals surface area contributed by atoms with E-state index in [9.17, 15) is 14.0 Å². The number of aromatic nitrogens is 4. The van der Waals surface area contributed by atoms with Gasteiger partial charge in [0.1, 0.15) is 12.4 Å². The smallest absolute Gasteiger partial charge is 0.321 e. The molecule has 8 nitrogen and oxygen atoms in total. The predicted molar refractivity (Wildman–Crippen MR) is 79.6 cm³/mol. The summed E-state index contributed by atoms with van der Waals surface area (Å²) in [5, 5.41) is 16.3. The number of carbonyl (C=O) groups is 2. The number of benzene rings is 1. The van der Waals surface area contributed by atoms with Crippen molar-refractivity contribution in [3.8, 4) is 11.4 Å². The minimum atomic E-state index is -0.566. The number of tetrazole rings is 1. The van der Waals surface area contributed by atoms with Crippen molar-refractivity contribution < 1.29 is 14.0 Å². The van der Waals surface area contributed by atoms with Crippen molar-refractivity contribution >= 4 is 11.9 Å². The van der Waals surface area contributed by atoms with E-state index in [-0.39, 0.29) is 24.2 Å². The van der Waals surface area contributed by atoms with Crippen molar-refractivity contribution in [1.29, 1.82) is 0 Å². The third-order valence-electron chi connectivity index (χ3n) is 3.08. The Bertz CT molecular complexity index is 685. The summed E-state index contributed by atoms with van der Waals surface area (Å²) in [5.74, 6) is -0.663. The molecule has 1 aromatic heterocycles. The quantitative estimate of drug-likeness (QED) is 0.859. The number of nitrogens with one attached hydrogen (secondary N) is 2. The lowest BCUT2D eigenvalue weighted by Gasteiger charge is -2.11. The van der Waals surface area contributed by atoms with Gasteiger partial charge in [-0.3, -0.25) is 10.1 Å². The van der Waals surface area contributed by atoms with Crippen LogP contribution in [0.1, 0.15) is 20.3 Å². The molecule has 0 aliphatic heterocycles. The van der Waals surface area contributed by atoms with E-state index >= 15 is 0 Å². The molecule has 0 saturated carbocycles. The molecule has 3 amide bonds. The van der Waals surface area contributed by atoms with Crippen molar-refractivity contribution in [2.45, 2.75) is 32.9 Å². The summed E-state index contributed by atoms with van der Waals surface area (Å²) >= 11 is 0. The highest BCUT2D eigenvalue weighted by Gasteiger charge is 2.13. The summed E-state index contributed by atoms with van der Waals surface area (Å²) in [6.45, 7) is 3.50. The molecule has 0 spiro atoms. The van der Waals surface area contributed by atoms with Gasteiger partial charge in [0.2, 0.25) is 5.82 Å². The molecule has 0 saturated heterocycles. The number of nitrogens with zero attached hydrogens (tertiary/aromatic N) is 4. The van der Waals surface area contributed by atoms with Gasteiger partial charge in [-0.15, -0.1) is 10.2 Å². The van der Waals surface area contributed by atoms with E-state index < -0.39 is 11.9 Å². The minimum absolute atomic E-state index is 0.0302. The topological polar surface area (TPSA) is 102 Å². The van der Waals surface area contributed by atoms with Gasteiger partial charge in [-0.05, 0) is 42.8 Å². The first kappa shape index (κ1) is 16.5. The highest BCUT2D eigenvalue weighted by molar-refractivity contribution is 5.94. The summed E-state index contributed by atoms with van der Waals surface area (Å²) in [6, 6.07) is 4.98. The summed E-state index contributed by atoms with van der Waals surface area (Å²) in [4.78, 5) is 24.3. The second-order valence-electron chi connectivity index (χ2n) is 4.98. The van der Waals surface area contributed by atoms with Gasteiger partial charge in [-0.25, -0.2) is 9.18 Å². The number of hydrogen-bond donors (Lipinski definition) is 2. The number of hydrogen-bond acceptors (Lipinski definition) is 5. The monoisotopic (exact) mass is 320 g/mol. The third-order valence-corrected chi connectivity index (χ3v) is 3.08. The maximum atomic E-state index is 12.9. The Morgan fingerprint density at radius 2 is 2.00 bits per heavy atom. The van der Waals surface area contributed by atoms with Crippen LogP contribution in [0.15, 0.2) is 24.3 Å². The molecule has 0 aliphatic rings. The molecule has 23 heavy (non-hydrogen) atoms. The maximum Gasteiger partial charge on any atom is 0.321 e. The van der Waals surface area contributed by atoms with Gasteiger partial charge in [-0.1, -0.05) is 6.92 Å². The van der Waals surface area contributed by atoms with Crippen LogP contribution < -0.4 is 10.6 Å². The number of amides is 3. The molecule has 2 N–H and O–H groups in total. The van der Waals surface area contributed by atoms with Crippen LogP contribution in [-0.2, 0) is 11.3 Å². The van der Waals surface area contributed by atoms with Crippen LogP contribution in [0.25, 0.3) is 11.4 Å². The molecular formula is C14H17FN6O2. The summed E-state index contributed by atoms with van der Waals surface area (Å²) in [5.41, 5.74) is 0.576. The molecule has 122 valence electrons. The molecule has 0 radical (unpaired) electrons. The molecule has 1 aromatic carbocycles. The molecule has 0 bridgehead atoms. The van der Waals surface area contributed by atoms with Crippen LogP contribution >= 0.6 is 0 Å². The Labute approximate surface area is 132 Å². The Balaban J connectivity index is 1.92. The fourth-order valence-electron chi connectivity index (χ4n) is 1.68. The Kier molecular flexibility index (Phi) is 5.34. The molecule has 0 aliphatic carbocycles. The van der Waals surface area contributed by atoms with Crippen LogP contribution in [0, 0.1) is 5.82 Å². The number of imide groups is 1. The van der Waals surface area contributed by atoms with E-state index in [2.05, 4.69) is 26.0 Å². The van der Waals surface area contributed by atoms with Crippen LogP contribution in [-0.4, -0.2) is 38.2 Å². The van der Waals surface area contributed by atoms with Crippen molar-refractivity contribution in [1.82, 2.24) is 30.8 Å². The highest BCUT2D eigenvalue weighted by Crippen LogP contribution is 2.13. The minimum Gasteiger partial charge on any atom is -0.335 e. The lowest BCUT2D eigenvalue weighted by molar-refractivity contribution is -0.121. The molecular weight excluding hydrogens is 303 g/mol. The van der Waals surface area contributed by atoms with Crippen LogP contribution in [0.5, 0.6) is 0 Å². The van der Waals surface area contributed by atoms with E-state index in [1.165, 1.54) is 24.3 Å². The Hall–Kier alpha value is -2.84. The van der Waals surface area contributed by atoms with E-state index in [1.54, 1.807) is 0 Å². The Morgan fingerprint density at radius 1 is 1.30 bits per heavy atom. The Morgan fingerprint density at radius 3 is 2.65 bits per heavy atom. The third kappa shape index (κ3) is 4.83. The number of halogens is 1. The normalized spacial score (nSPS) is 11.8. The van der Waals surface area contributed by atoms with Gasteiger partial charge >= 0.3 is 6.03 Å². The van der Waals surface area contributed by atoms with Crippen molar-refractivity contribution in [3.63, 3.8) is 0 Å². The standard InChI is InChI=1S/C14H17FN6O2/c1-3-9(2)16-14(23)17-12(22)8-21-19-13(18-20-21)10-4-6-11(15)7-5-10/h4-7,9H,3,8H2,1-2H3,(H2,16,17,22,23)/t9-/m1/s1. The maximum absolute atomic E-state index is 12.9. The fraction of sp³-hybridized carbons (Fsp3) is 0.357. The van der Waals surface area contributed by atoms with E-state index in [0.29, 0.717) is 5.56 Å². The van der Waals surface area contributed by atoms with Gasteiger partial charge in [0.05, 0.1) is 0 Å². The van der Waals surface area contributed by atoms with E-state index in [1.807, 2.05) is 13.8 Å². The summed E-state index contributed by atoms with van der Waals surface area (Å²) < 4.78 is 12.9. The zero-order valence-electron chi connectivity index (χ0n) is 12.8. The van der Waals surface area contributed by atoms with Crippen molar-refractivity contribution in [2.75, 3.05) is 0 Å². The second-order valence-corrected chi connectivity index (χ2v) is 4.98.